The van der Waals surface area contributed by atoms with Gasteiger partial charge in [0.2, 0.25) is 0 Å². The van der Waals surface area contributed by atoms with Gasteiger partial charge in [-0.25, -0.2) is 9.98 Å². The molecule has 0 aliphatic carbocycles. The molecule has 3 N–H and O–H groups in total. The maximum atomic E-state index is 12.8. The van der Waals surface area contributed by atoms with Gasteiger partial charge in [0.25, 0.3) is 5.91 Å². The van der Waals surface area contributed by atoms with E-state index in [1.165, 1.54) is 11.3 Å². The largest absolute Gasteiger partial charge is 0.497 e. The molecule has 0 atom stereocenters. The average Bonchev–Trinajstić information content (AvgIpc) is 3.29. The number of fused-ring (bicyclic) bond motifs is 1. The van der Waals surface area contributed by atoms with Crippen molar-refractivity contribution >= 4 is 40.1 Å². The number of anilines is 2. The molecule has 4 rings (SSSR count). The summed E-state index contributed by atoms with van der Waals surface area (Å²) in [7, 11) is 4.77. The van der Waals surface area contributed by atoms with Gasteiger partial charge in [-0.15, -0.1) is 11.3 Å². The fraction of sp³-hybridized carbons (Fsp3) is 0.292. The van der Waals surface area contributed by atoms with Gasteiger partial charge in [-0.2, -0.15) is 0 Å². The van der Waals surface area contributed by atoms with Gasteiger partial charge in [0, 0.05) is 30.0 Å². The first-order valence-corrected chi connectivity index (χ1v) is 11.5. The van der Waals surface area contributed by atoms with E-state index in [1.54, 1.807) is 39.5 Å². The van der Waals surface area contributed by atoms with E-state index in [4.69, 9.17) is 24.9 Å². The van der Waals surface area contributed by atoms with Gasteiger partial charge in [0.1, 0.15) is 11.6 Å². The van der Waals surface area contributed by atoms with E-state index < -0.39 is 0 Å². The molecule has 0 fully saturated rings. The number of aliphatic imine (C=N–C) groups is 1. The number of nitrogens with two attached hydrogens (primary N) is 1. The lowest BCUT2D eigenvalue weighted by molar-refractivity contribution is 0.102. The van der Waals surface area contributed by atoms with Crippen LogP contribution in [0, 0.1) is 0 Å². The number of hydrogen-bond donors (Lipinski definition) is 2. The summed E-state index contributed by atoms with van der Waals surface area (Å²) in [4.78, 5) is 25.4. The first-order chi connectivity index (χ1) is 16.4. The van der Waals surface area contributed by atoms with Crippen LogP contribution in [0.3, 0.4) is 0 Å². The molecule has 10 heteroatoms. The molecule has 2 aromatic carbocycles. The van der Waals surface area contributed by atoms with Crippen molar-refractivity contribution in [2.24, 2.45) is 4.99 Å². The van der Waals surface area contributed by atoms with Crippen LogP contribution in [0.2, 0.25) is 0 Å². The van der Waals surface area contributed by atoms with Crippen molar-refractivity contribution in [2.75, 3.05) is 38.9 Å². The van der Waals surface area contributed by atoms with E-state index in [0.29, 0.717) is 40.2 Å². The lowest BCUT2D eigenvalue weighted by Crippen LogP contribution is -2.33. The van der Waals surface area contributed by atoms with Crippen molar-refractivity contribution in [3.63, 3.8) is 0 Å². The molecule has 3 aromatic rings. The number of nitrogen functional groups attached to an aromatic ring is 1. The van der Waals surface area contributed by atoms with E-state index in [2.05, 4.69) is 15.2 Å². The second-order valence-electron chi connectivity index (χ2n) is 7.67. The summed E-state index contributed by atoms with van der Waals surface area (Å²) in [6.45, 7) is 3.38. The third kappa shape index (κ3) is 4.91. The molecule has 34 heavy (non-hydrogen) atoms. The molecule has 1 aliphatic rings. The summed E-state index contributed by atoms with van der Waals surface area (Å²) >= 11 is 1.39. The number of nitrogens with zero attached hydrogens (tertiary/aromatic N) is 3. The minimum atomic E-state index is -0.290. The Kier molecular flexibility index (Phi) is 6.87. The number of nitrogens with one attached hydrogen (secondary N) is 1. The SMILES string of the molecule is COc1ccc(N)c(NC(=O)c2nc3c(s2)CN(/C(C)=N/c2ccc(OC)c(OC)c2)CC3)c1. The number of benzene rings is 2. The predicted molar refractivity (Wildman–Crippen MR) is 134 cm³/mol. The van der Waals surface area contributed by atoms with Crippen LogP contribution < -0.4 is 25.3 Å². The number of amidine groups is 1. The van der Waals surface area contributed by atoms with Crippen molar-refractivity contribution in [1.29, 1.82) is 0 Å². The molecule has 9 nitrogen and oxygen atoms in total. The molecule has 0 spiro atoms. The van der Waals surface area contributed by atoms with Crippen molar-refractivity contribution < 1.29 is 19.0 Å². The minimum Gasteiger partial charge on any atom is -0.497 e. The summed E-state index contributed by atoms with van der Waals surface area (Å²) in [5, 5.41) is 3.25. The van der Waals surface area contributed by atoms with Gasteiger partial charge < -0.3 is 30.2 Å². The number of carbonyl (C=O) groups excluding carboxylic acids is 1. The Hall–Kier alpha value is -3.79. The van der Waals surface area contributed by atoms with Crippen molar-refractivity contribution in [1.82, 2.24) is 9.88 Å². The molecule has 0 bridgehead atoms. The highest BCUT2D eigenvalue weighted by Crippen LogP contribution is 2.32. The second kappa shape index (κ2) is 10.0. The van der Waals surface area contributed by atoms with Crippen LogP contribution in [-0.4, -0.2) is 49.5 Å². The van der Waals surface area contributed by atoms with E-state index in [9.17, 15) is 4.79 Å². The van der Waals surface area contributed by atoms with Crippen molar-refractivity contribution in [3.05, 3.63) is 52.0 Å². The Labute approximate surface area is 202 Å². The van der Waals surface area contributed by atoms with Crippen LogP contribution in [0.5, 0.6) is 17.2 Å². The maximum Gasteiger partial charge on any atom is 0.284 e. The number of carbonyl (C=O) groups is 1. The van der Waals surface area contributed by atoms with Crippen LogP contribution in [0.1, 0.15) is 27.3 Å². The summed E-state index contributed by atoms with van der Waals surface area (Å²) in [6.07, 6.45) is 0.735. The van der Waals surface area contributed by atoms with Gasteiger partial charge in [-0.3, -0.25) is 4.79 Å². The third-order valence-electron chi connectivity index (χ3n) is 5.55. The topological polar surface area (TPSA) is 111 Å². The third-order valence-corrected chi connectivity index (χ3v) is 6.63. The van der Waals surface area contributed by atoms with E-state index in [0.717, 1.165) is 35.1 Å². The standard InChI is InChI=1S/C24H27N5O4S/c1-14(26-15-5-8-20(32-3)21(11-15)33-4)29-10-9-18-22(13-29)34-24(28-18)23(30)27-19-12-16(31-2)6-7-17(19)25/h5-8,11-12H,9-10,13,25H2,1-4H3,(H,27,30)/b26-14+. The summed E-state index contributed by atoms with van der Waals surface area (Å²) < 4.78 is 15.9. The van der Waals surface area contributed by atoms with Gasteiger partial charge in [-0.05, 0) is 31.2 Å². The van der Waals surface area contributed by atoms with Gasteiger partial charge in [-0.1, -0.05) is 0 Å². The number of rotatable bonds is 6. The van der Waals surface area contributed by atoms with Gasteiger partial charge in [0.05, 0.1) is 50.6 Å². The number of methoxy groups -OCH3 is 3. The monoisotopic (exact) mass is 481 g/mol. The van der Waals surface area contributed by atoms with Crippen LogP contribution in [0.25, 0.3) is 0 Å². The number of thiazole rings is 1. The molecular formula is C24H27N5O4S. The Bertz CT molecular complexity index is 1240. The van der Waals surface area contributed by atoms with Crippen LogP contribution in [0.15, 0.2) is 41.4 Å². The zero-order valence-electron chi connectivity index (χ0n) is 19.5. The van der Waals surface area contributed by atoms with Crippen molar-refractivity contribution in [2.45, 2.75) is 19.9 Å². The first-order valence-electron chi connectivity index (χ1n) is 10.7. The van der Waals surface area contributed by atoms with Crippen LogP contribution >= 0.6 is 11.3 Å². The Morgan fingerprint density at radius 3 is 2.65 bits per heavy atom. The Balaban J connectivity index is 1.48. The molecule has 1 amide bonds. The quantitative estimate of drug-likeness (QED) is 0.310. The van der Waals surface area contributed by atoms with E-state index in [-0.39, 0.29) is 5.91 Å². The highest BCUT2D eigenvalue weighted by molar-refractivity contribution is 7.13. The lowest BCUT2D eigenvalue weighted by atomic mass is 10.2. The van der Waals surface area contributed by atoms with Crippen molar-refractivity contribution in [3.8, 4) is 17.2 Å². The van der Waals surface area contributed by atoms with E-state index >= 15 is 0 Å². The molecule has 0 radical (unpaired) electrons. The fourth-order valence-corrected chi connectivity index (χ4v) is 4.69. The number of hydrogen-bond acceptors (Lipinski definition) is 8. The predicted octanol–water partition coefficient (Wildman–Crippen LogP) is 4.11. The Morgan fingerprint density at radius 1 is 1.12 bits per heavy atom. The van der Waals surface area contributed by atoms with Crippen LogP contribution in [-0.2, 0) is 13.0 Å². The highest BCUT2D eigenvalue weighted by atomic mass is 32.1. The zero-order valence-corrected chi connectivity index (χ0v) is 20.4. The summed E-state index contributed by atoms with van der Waals surface area (Å²) in [5.74, 6) is 2.49. The zero-order chi connectivity index (χ0) is 24.2. The second-order valence-corrected chi connectivity index (χ2v) is 8.75. The molecule has 1 aromatic heterocycles. The number of aromatic nitrogens is 1. The lowest BCUT2D eigenvalue weighted by Gasteiger charge is -2.27. The molecule has 0 saturated heterocycles. The molecule has 178 valence electrons. The average molecular weight is 482 g/mol. The Morgan fingerprint density at radius 2 is 1.91 bits per heavy atom. The molecule has 0 unspecified atom stereocenters. The van der Waals surface area contributed by atoms with E-state index in [1.807, 2.05) is 25.1 Å². The minimum absolute atomic E-state index is 0.290. The molecule has 1 aliphatic heterocycles. The van der Waals surface area contributed by atoms with Gasteiger partial charge >= 0.3 is 0 Å². The summed E-state index contributed by atoms with van der Waals surface area (Å²) in [5.41, 5.74) is 8.68. The summed E-state index contributed by atoms with van der Waals surface area (Å²) in [6, 6.07) is 10.7. The number of ether oxygens (including phenoxy) is 3. The molecule has 2 heterocycles. The van der Waals surface area contributed by atoms with Gasteiger partial charge in [0.15, 0.2) is 16.5 Å². The fourth-order valence-electron chi connectivity index (χ4n) is 3.67. The number of amides is 1. The highest BCUT2D eigenvalue weighted by Gasteiger charge is 2.24. The van der Waals surface area contributed by atoms with Crippen LogP contribution in [0.4, 0.5) is 17.1 Å². The normalized spacial score (nSPS) is 13.3. The smallest absolute Gasteiger partial charge is 0.284 e. The maximum absolute atomic E-state index is 12.8. The first kappa shape index (κ1) is 23.4. The molecular weight excluding hydrogens is 454 g/mol. The molecule has 0 saturated carbocycles.